The Morgan fingerprint density at radius 3 is 0.929 bits per heavy atom. The molecule has 0 atom stereocenters. The van der Waals surface area contributed by atoms with Crippen LogP contribution in [0.25, 0.3) is 0 Å². The van der Waals surface area contributed by atoms with Crippen molar-refractivity contribution in [3.63, 3.8) is 0 Å². The van der Waals surface area contributed by atoms with E-state index < -0.39 is 7.54 Å². The van der Waals surface area contributed by atoms with Crippen LogP contribution in [0.2, 0.25) is 0 Å². The SMILES string of the molecule is C1CCNC1.C1CCNC1.FB(F)F. The van der Waals surface area contributed by atoms with E-state index >= 15 is 0 Å². The van der Waals surface area contributed by atoms with Gasteiger partial charge in [-0.3, -0.25) is 12.9 Å². The standard InChI is InChI=1S/2C4H9N.BF3/c2*1-2-4-5-3-1;2-1(3)4/h2*5H,1-4H2;. The zero-order valence-corrected chi connectivity index (χ0v) is 8.37. The molecule has 0 aliphatic carbocycles. The van der Waals surface area contributed by atoms with Crippen molar-refractivity contribution in [2.24, 2.45) is 0 Å². The Morgan fingerprint density at radius 2 is 0.857 bits per heavy atom. The lowest BCUT2D eigenvalue weighted by Crippen LogP contribution is -2.03. The molecule has 0 bridgehead atoms. The number of halogens is 3. The first-order chi connectivity index (χ1) is 6.73. The lowest BCUT2D eigenvalue weighted by molar-refractivity contribution is 0.535. The molecule has 2 fully saturated rings. The Kier molecular flexibility index (Phi) is 10.7. The van der Waals surface area contributed by atoms with Crippen molar-refractivity contribution in [2.75, 3.05) is 26.2 Å². The molecule has 0 radical (unpaired) electrons. The van der Waals surface area contributed by atoms with E-state index in [1.807, 2.05) is 0 Å². The van der Waals surface area contributed by atoms with Gasteiger partial charge in [-0.1, -0.05) is 0 Å². The maximum Gasteiger partial charge on any atom is 0.762 e. The second-order valence-electron chi connectivity index (χ2n) is 3.16. The summed E-state index contributed by atoms with van der Waals surface area (Å²) in [7, 11) is -3.67. The fraction of sp³-hybridized carbons (Fsp3) is 1.00. The number of nitrogens with one attached hydrogen (secondary N) is 2. The van der Waals surface area contributed by atoms with Crippen LogP contribution in [0, 0.1) is 0 Å². The van der Waals surface area contributed by atoms with Gasteiger partial charge in [0.2, 0.25) is 0 Å². The van der Waals surface area contributed by atoms with Crippen LogP contribution in [-0.4, -0.2) is 33.7 Å². The summed E-state index contributed by atoms with van der Waals surface area (Å²) in [5.74, 6) is 0. The highest BCUT2D eigenvalue weighted by Gasteiger charge is 2.06. The Labute approximate surface area is 83.9 Å². The Hall–Kier alpha value is -0.225. The third kappa shape index (κ3) is 14.3. The van der Waals surface area contributed by atoms with E-state index in [9.17, 15) is 12.9 Å². The van der Waals surface area contributed by atoms with E-state index in [0.29, 0.717) is 0 Å². The molecule has 2 N–H and O–H groups in total. The molecule has 2 aliphatic rings. The smallest absolute Gasteiger partial charge is 0.317 e. The van der Waals surface area contributed by atoms with Crippen LogP contribution in [0.1, 0.15) is 25.7 Å². The van der Waals surface area contributed by atoms with Gasteiger partial charge in [0, 0.05) is 0 Å². The Morgan fingerprint density at radius 1 is 0.643 bits per heavy atom. The Balaban J connectivity index is 0.000000183. The largest absolute Gasteiger partial charge is 0.762 e. The van der Waals surface area contributed by atoms with Crippen molar-refractivity contribution >= 4 is 7.54 Å². The molecular formula is C8H18BF3N2. The van der Waals surface area contributed by atoms with Crippen LogP contribution in [-0.2, 0) is 0 Å². The maximum atomic E-state index is 9.67. The number of hydrogen-bond donors (Lipinski definition) is 2. The van der Waals surface area contributed by atoms with E-state index in [1.165, 1.54) is 51.9 Å². The molecule has 2 rings (SSSR count). The number of hydrogen-bond acceptors (Lipinski definition) is 2. The van der Waals surface area contributed by atoms with Gasteiger partial charge in [-0.15, -0.1) is 0 Å². The first-order valence-corrected chi connectivity index (χ1v) is 5.07. The van der Waals surface area contributed by atoms with Gasteiger partial charge < -0.3 is 10.6 Å². The minimum Gasteiger partial charge on any atom is -0.317 e. The van der Waals surface area contributed by atoms with Gasteiger partial charge in [-0.2, -0.15) is 0 Å². The molecule has 2 aliphatic heterocycles. The van der Waals surface area contributed by atoms with Crippen LogP contribution in [0.5, 0.6) is 0 Å². The molecule has 0 saturated carbocycles. The molecule has 0 aromatic rings. The maximum absolute atomic E-state index is 9.67. The van der Waals surface area contributed by atoms with Crippen molar-refractivity contribution < 1.29 is 12.9 Å². The van der Waals surface area contributed by atoms with E-state index in [2.05, 4.69) is 10.6 Å². The van der Waals surface area contributed by atoms with Crippen LogP contribution in [0.4, 0.5) is 12.9 Å². The molecule has 6 heteroatoms. The molecule has 0 aromatic heterocycles. The van der Waals surface area contributed by atoms with E-state index in [1.54, 1.807) is 0 Å². The predicted octanol–water partition coefficient (Wildman–Crippen LogP) is 1.62. The summed E-state index contributed by atoms with van der Waals surface area (Å²) >= 11 is 0. The van der Waals surface area contributed by atoms with Gasteiger partial charge in [0.15, 0.2) is 0 Å². The van der Waals surface area contributed by atoms with E-state index in [0.717, 1.165) is 0 Å². The lowest BCUT2D eigenvalue weighted by Gasteiger charge is -1.76. The van der Waals surface area contributed by atoms with E-state index in [-0.39, 0.29) is 0 Å². The molecule has 2 heterocycles. The summed E-state index contributed by atoms with van der Waals surface area (Å²) in [4.78, 5) is 0. The molecular weight excluding hydrogens is 192 g/mol. The summed E-state index contributed by atoms with van der Waals surface area (Å²) in [6, 6.07) is 0. The van der Waals surface area contributed by atoms with Gasteiger partial charge in [-0.25, -0.2) is 0 Å². The highest BCUT2D eigenvalue weighted by atomic mass is 19.4. The molecule has 0 unspecified atom stereocenters. The summed E-state index contributed by atoms with van der Waals surface area (Å²) in [6.45, 7) is 5.00. The van der Waals surface area contributed by atoms with Crippen LogP contribution >= 0.6 is 0 Å². The summed E-state index contributed by atoms with van der Waals surface area (Å²) in [6.07, 6.45) is 5.56. The predicted molar refractivity (Wildman–Crippen MR) is 53.3 cm³/mol. The molecule has 2 nitrogen and oxygen atoms in total. The third-order valence-electron chi connectivity index (χ3n) is 1.91. The molecule has 0 spiro atoms. The fourth-order valence-corrected chi connectivity index (χ4v) is 1.25. The average Bonchev–Trinajstić information content (AvgIpc) is 2.83. The molecule has 14 heavy (non-hydrogen) atoms. The summed E-state index contributed by atoms with van der Waals surface area (Å²) in [5.41, 5.74) is 0. The fourth-order valence-electron chi connectivity index (χ4n) is 1.25. The second-order valence-corrected chi connectivity index (χ2v) is 3.16. The van der Waals surface area contributed by atoms with Crippen molar-refractivity contribution in [1.29, 1.82) is 0 Å². The van der Waals surface area contributed by atoms with Gasteiger partial charge in [0.05, 0.1) is 0 Å². The zero-order valence-electron chi connectivity index (χ0n) is 8.37. The normalized spacial score (nSPS) is 19.1. The first-order valence-electron chi connectivity index (χ1n) is 5.07. The summed E-state index contributed by atoms with van der Waals surface area (Å²) < 4.78 is 29.0. The molecule has 0 amide bonds. The highest BCUT2D eigenvalue weighted by Crippen LogP contribution is 1.90. The molecule has 2 saturated heterocycles. The summed E-state index contributed by atoms with van der Waals surface area (Å²) in [5, 5.41) is 6.44. The van der Waals surface area contributed by atoms with Crippen molar-refractivity contribution in [1.82, 2.24) is 10.6 Å². The van der Waals surface area contributed by atoms with Gasteiger partial charge in [0.25, 0.3) is 0 Å². The first kappa shape index (κ1) is 13.8. The van der Waals surface area contributed by atoms with Crippen LogP contribution in [0.15, 0.2) is 0 Å². The number of rotatable bonds is 0. The monoisotopic (exact) mass is 210 g/mol. The Bertz CT molecular complexity index is 80.8. The van der Waals surface area contributed by atoms with Crippen LogP contribution in [0.3, 0.4) is 0 Å². The quantitative estimate of drug-likeness (QED) is 0.593. The van der Waals surface area contributed by atoms with E-state index in [4.69, 9.17) is 0 Å². The van der Waals surface area contributed by atoms with Crippen molar-refractivity contribution in [3.05, 3.63) is 0 Å². The minimum absolute atomic E-state index is 1.25. The lowest BCUT2D eigenvalue weighted by atomic mass is 10.4. The van der Waals surface area contributed by atoms with Crippen molar-refractivity contribution in [2.45, 2.75) is 25.7 Å². The topological polar surface area (TPSA) is 24.1 Å². The third-order valence-corrected chi connectivity index (χ3v) is 1.91. The minimum atomic E-state index is -3.67. The van der Waals surface area contributed by atoms with Gasteiger partial charge in [-0.05, 0) is 51.9 Å². The molecule has 0 aromatic carbocycles. The van der Waals surface area contributed by atoms with Crippen molar-refractivity contribution in [3.8, 4) is 0 Å². The molecule has 84 valence electrons. The second kappa shape index (κ2) is 10.9. The average molecular weight is 210 g/mol. The highest BCUT2D eigenvalue weighted by molar-refractivity contribution is 6.33. The van der Waals surface area contributed by atoms with Gasteiger partial charge in [0.1, 0.15) is 0 Å². The van der Waals surface area contributed by atoms with Crippen LogP contribution < -0.4 is 10.6 Å². The van der Waals surface area contributed by atoms with Gasteiger partial charge >= 0.3 is 7.54 Å². The zero-order chi connectivity index (χ0) is 10.6.